The van der Waals surface area contributed by atoms with Crippen LogP contribution in [0.4, 0.5) is 4.39 Å². The average molecular weight is 212 g/mol. The third-order valence-electron chi connectivity index (χ3n) is 1.36. The van der Waals surface area contributed by atoms with E-state index in [1.807, 2.05) is 0 Å². The molecule has 0 radical (unpaired) electrons. The maximum Gasteiger partial charge on any atom is 0.131 e. The van der Waals surface area contributed by atoms with E-state index in [-0.39, 0.29) is 5.71 Å². The van der Waals surface area contributed by atoms with Crippen molar-refractivity contribution in [3.8, 4) is 0 Å². The van der Waals surface area contributed by atoms with Crippen LogP contribution in [0.2, 0.25) is 0 Å². The number of rotatable bonds is 3. The molecule has 0 aromatic heterocycles. The summed E-state index contributed by atoms with van der Waals surface area (Å²) < 4.78 is 12.0. The molecule has 60 valence electrons. The van der Waals surface area contributed by atoms with E-state index in [1.165, 1.54) is 0 Å². The second kappa shape index (κ2) is 3.91. The van der Waals surface area contributed by atoms with Crippen LogP contribution < -0.4 is 0 Å². The van der Waals surface area contributed by atoms with Gasteiger partial charge in [0.15, 0.2) is 0 Å². The first-order chi connectivity index (χ1) is 4.58. The van der Waals surface area contributed by atoms with Crippen molar-refractivity contribution in [2.24, 2.45) is 10.6 Å². The summed E-state index contributed by atoms with van der Waals surface area (Å²) in [4.78, 5) is 0. The Balaban J connectivity index is 4.28. The van der Waals surface area contributed by atoms with Gasteiger partial charge in [-0.05, 0) is 0 Å². The highest BCUT2D eigenvalue weighted by Crippen LogP contribution is 2.20. The Labute approximate surface area is 68.2 Å². The molecule has 0 atom stereocenters. The molecule has 0 bridgehead atoms. The Morgan fingerprint density at radius 2 is 2.20 bits per heavy atom. The Kier molecular flexibility index (Phi) is 3.86. The van der Waals surface area contributed by atoms with Gasteiger partial charge in [-0.3, -0.25) is 0 Å². The number of hydrogen-bond acceptors (Lipinski definition) is 2. The number of alkyl halides is 2. The van der Waals surface area contributed by atoms with Crippen molar-refractivity contribution in [2.45, 2.75) is 13.8 Å². The topological polar surface area (TPSA) is 32.6 Å². The molecule has 0 aliphatic rings. The van der Waals surface area contributed by atoms with Gasteiger partial charge in [0, 0.05) is 10.7 Å². The van der Waals surface area contributed by atoms with E-state index >= 15 is 0 Å². The maximum atomic E-state index is 12.0. The van der Waals surface area contributed by atoms with E-state index in [0.717, 1.165) is 0 Å². The zero-order chi connectivity index (χ0) is 8.20. The highest BCUT2D eigenvalue weighted by atomic mass is 79.9. The molecule has 0 heterocycles. The molecule has 0 saturated carbocycles. The van der Waals surface area contributed by atoms with E-state index in [0.29, 0.717) is 5.33 Å². The highest BCUT2D eigenvalue weighted by Gasteiger charge is 2.23. The molecule has 0 amide bonds. The lowest BCUT2D eigenvalue weighted by Gasteiger charge is -2.20. The van der Waals surface area contributed by atoms with Crippen LogP contribution in [0.25, 0.3) is 0 Å². The fourth-order valence-corrected chi connectivity index (χ4v) is 0.744. The second-order valence-electron chi connectivity index (χ2n) is 2.70. The van der Waals surface area contributed by atoms with E-state index in [9.17, 15) is 4.39 Å². The average Bonchev–Trinajstić information content (AvgIpc) is 1.90. The van der Waals surface area contributed by atoms with E-state index in [4.69, 9.17) is 5.21 Å². The van der Waals surface area contributed by atoms with Gasteiger partial charge < -0.3 is 5.21 Å². The minimum Gasteiger partial charge on any atom is -0.411 e. The molecule has 10 heavy (non-hydrogen) atoms. The van der Waals surface area contributed by atoms with Gasteiger partial charge in [0.2, 0.25) is 0 Å². The van der Waals surface area contributed by atoms with Crippen molar-refractivity contribution < 1.29 is 9.60 Å². The Bertz CT molecular complexity index is 136. The Morgan fingerprint density at radius 1 is 1.70 bits per heavy atom. The molecule has 0 unspecified atom stereocenters. The van der Waals surface area contributed by atoms with E-state index in [2.05, 4.69) is 21.1 Å². The first-order valence-electron chi connectivity index (χ1n) is 2.92. The lowest BCUT2D eigenvalue weighted by molar-refractivity contribution is 0.306. The lowest BCUT2D eigenvalue weighted by atomic mass is 9.91. The van der Waals surface area contributed by atoms with Gasteiger partial charge in [0.1, 0.15) is 6.67 Å². The van der Waals surface area contributed by atoms with Crippen LogP contribution in [-0.4, -0.2) is 22.9 Å². The molecule has 0 spiro atoms. The summed E-state index contributed by atoms with van der Waals surface area (Å²) in [7, 11) is 0. The van der Waals surface area contributed by atoms with Crippen LogP contribution in [0.15, 0.2) is 5.16 Å². The summed E-state index contributed by atoms with van der Waals surface area (Å²) in [5.74, 6) is 0. The fraction of sp³-hybridized carbons (Fsp3) is 0.833. The molecule has 0 aromatic carbocycles. The standard InChI is InChI=1S/C6H11BrFNO/c1-6(2,4-7)5(3-8)9-10/h10H,3-4H2,1-2H3/b9-5-. The number of nitrogens with zero attached hydrogens (tertiary/aromatic N) is 1. The number of oxime groups is 1. The van der Waals surface area contributed by atoms with Crippen LogP contribution in [0.1, 0.15) is 13.8 Å². The van der Waals surface area contributed by atoms with Crippen LogP contribution in [-0.2, 0) is 0 Å². The van der Waals surface area contributed by atoms with E-state index in [1.54, 1.807) is 13.8 Å². The largest absolute Gasteiger partial charge is 0.411 e. The van der Waals surface area contributed by atoms with Crippen LogP contribution in [0.3, 0.4) is 0 Å². The van der Waals surface area contributed by atoms with Crippen molar-refractivity contribution in [1.29, 1.82) is 0 Å². The summed E-state index contributed by atoms with van der Waals surface area (Å²) >= 11 is 3.19. The van der Waals surface area contributed by atoms with Gasteiger partial charge in [0.05, 0.1) is 5.71 Å². The maximum absolute atomic E-state index is 12.0. The monoisotopic (exact) mass is 211 g/mol. The minimum absolute atomic E-state index is 0.171. The molecular weight excluding hydrogens is 201 g/mol. The second-order valence-corrected chi connectivity index (χ2v) is 3.26. The SMILES string of the molecule is CC(C)(CBr)/C(CF)=N\O. The molecule has 0 aromatic rings. The summed E-state index contributed by atoms with van der Waals surface area (Å²) in [6.07, 6.45) is 0. The summed E-state index contributed by atoms with van der Waals surface area (Å²) in [6.45, 7) is 2.90. The van der Waals surface area contributed by atoms with Gasteiger partial charge in [-0.1, -0.05) is 34.9 Å². The van der Waals surface area contributed by atoms with Gasteiger partial charge in [0.25, 0.3) is 0 Å². The molecule has 0 saturated heterocycles. The summed E-state index contributed by atoms with van der Waals surface area (Å²) in [5, 5.41) is 11.8. The molecule has 2 nitrogen and oxygen atoms in total. The summed E-state index contributed by atoms with van der Waals surface area (Å²) in [5.41, 5.74) is -0.229. The number of halogens is 2. The molecular formula is C6H11BrFNO. The van der Waals surface area contributed by atoms with Crippen molar-refractivity contribution in [1.82, 2.24) is 0 Å². The van der Waals surface area contributed by atoms with Crippen LogP contribution in [0, 0.1) is 5.41 Å². The molecule has 0 aliphatic carbocycles. The third kappa shape index (κ3) is 2.25. The smallest absolute Gasteiger partial charge is 0.131 e. The Morgan fingerprint density at radius 3 is 2.30 bits per heavy atom. The fourth-order valence-electron chi connectivity index (χ4n) is 0.420. The normalized spacial score (nSPS) is 13.8. The molecule has 0 aliphatic heterocycles. The van der Waals surface area contributed by atoms with Crippen LogP contribution >= 0.6 is 15.9 Å². The first kappa shape index (κ1) is 9.88. The van der Waals surface area contributed by atoms with Gasteiger partial charge >= 0.3 is 0 Å². The lowest BCUT2D eigenvalue weighted by Crippen LogP contribution is -2.27. The molecule has 0 fully saturated rings. The molecule has 1 N–H and O–H groups in total. The zero-order valence-corrected chi connectivity index (χ0v) is 7.65. The van der Waals surface area contributed by atoms with Crippen molar-refractivity contribution in [3.63, 3.8) is 0 Å². The van der Waals surface area contributed by atoms with Crippen molar-refractivity contribution in [2.75, 3.05) is 12.0 Å². The van der Waals surface area contributed by atoms with Gasteiger partial charge in [-0.15, -0.1) is 0 Å². The predicted molar refractivity (Wildman–Crippen MR) is 42.8 cm³/mol. The van der Waals surface area contributed by atoms with Crippen molar-refractivity contribution in [3.05, 3.63) is 0 Å². The third-order valence-corrected chi connectivity index (χ3v) is 2.76. The quantitative estimate of drug-likeness (QED) is 0.330. The van der Waals surface area contributed by atoms with Crippen LogP contribution in [0.5, 0.6) is 0 Å². The highest BCUT2D eigenvalue weighted by molar-refractivity contribution is 9.09. The van der Waals surface area contributed by atoms with Gasteiger partial charge in [-0.25, -0.2) is 4.39 Å². The number of hydrogen-bond donors (Lipinski definition) is 1. The Hall–Kier alpha value is -0.120. The van der Waals surface area contributed by atoms with Crippen molar-refractivity contribution >= 4 is 21.6 Å². The predicted octanol–water partition coefficient (Wildman–Crippen LogP) is 2.21. The minimum atomic E-state index is -0.699. The van der Waals surface area contributed by atoms with Gasteiger partial charge in [-0.2, -0.15) is 0 Å². The molecule has 4 heteroatoms. The zero-order valence-electron chi connectivity index (χ0n) is 6.06. The first-order valence-corrected chi connectivity index (χ1v) is 4.04. The summed E-state index contributed by atoms with van der Waals surface area (Å²) in [6, 6.07) is 0. The van der Waals surface area contributed by atoms with E-state index < -0.39 is 12.1 Å². The molecule has 0 rings (SSSR count).